The van der Waals surface area contributed by atoms with Crippen molar-refractivity contribution in [2.45, 2.75) is 207 Å². The first-order valence-electron chi connectivity index (χ1n) is 19.8. The average Bonchev–Trinajstić information content (AvgIpc) is 3.05. The molecule has 266 valence electrons. The topological polar surface area (TPSA) is 7.76 Å². The molecule has 46 heavy (non-hydrogen) atoms. The van der Waals surface area contributed by atoms with Gasteiger partial charge in [0.25, 0.3) is 0 Å². The highest BCUT2D eigenvalue weighted by Gasteiger charge is 2.06. The Morgan fingerprint density at radius 3 is 0.717 bits per heavy atom. The molecule has 0 fully saturated rings. The average molecular weight is 861 g/mol. The Labute approximate surface area is 321 Å². The first kappa shape index (κ1) is 45.8. The fourth-order valence-electron chi connectivity index (χ4n) is 6.58. The third kappa shape index (κ3) is 25.7. The molecule has 2 rings (SSSR count). The summed E-state index contributed by atoms with van der Waals surface area (Å²) in [4.78, 5) is 0. The van der Waals surface area contributed by atoms with Gasteiger partial charge in [0.15, 0.2) is 24.8 Å². The van der Waals surface area contributed by atoms with Crippen LogP contribution in [0, 0.1) is 0 Å². The fourth-order valence-corrected chi connectivity index (χ4v) is 6.58. The molecule has 0 saturated carbocycles. The summed E-state index contributed by atoms with van der Waals surface area (Å²) in [5.41, 5.74) is 2.65. The standard InChI is InChI=1S/C42H74N2.2HI/c1-3-5-7-9-11-13-15-17-19-21-23-25-27-29-35-43-37-31-41(32-38-43)42-33-39-44(40-34-42)36-30-28-26-24-22-20-18-16-14-12-10-8-6-4-2;;/h31-34,37-40H,3-30,35-36H2,1-2H3;2*1H/q+2;;/p-2. The Balaban J connectivity index is 0.0000101. The van der Waals surface area contributed by atoms with E-state index in [0.29, 0.717) is 0 Å². The van der Waals surface area contributed by atoms with Crippen LogP contribution in [0.5, 0.6) is 0 Å². The van der Waals surface area contributed by atoms with Gasteiger partial charge in [0.05, 0.1) is 0 Å². The van der Waals surface area contributed by atoms with Crippen molar-refractivity contribution in [3.63, 3.8) is 0 Å². The largest absolute Gasteiger partial charge is 1.00 e. The van der Waals surface area contributed by atoms with Gasteiger partial charge in [-0.05, 0) is 24.0 Å². The summed E-state index contributed by atoms with van der Waals surface area (Å²) in [6.45, 7) is 6.89. The zero-order valence-corrected chi connectivity index (χ0v) is 34.8. The second kappa shape index (κ2) is 34.6. The Hall–Kier alpha value is -0.240. The highest BCUT2D eigenvalue weighted by molar-refractivity contribution is 5.60. The normalized spacial score (nSPS) is 10.9. The van der Waals surface area contributed by atoms with Crippen LogP contribution >= 0.6 is 0 Å². The van der Waals surface area contributed by atoms with Gasteiger partial charge in [-0.2, -0.15) is 0 Å². The van der Waals surface area contributed by atoms with E-state index in [9.17, 15) is 0 Å². The minimum absolute atomic E-state index is 0. The summed E-state index contributed by atoms with van der Waals surface area (Å²) < 4.78 is 4.73. The van der Waals surface area contributed by atoms with Gasteiger partial charge in [-0.25, -0.2) is 9.13 Å². The molecule has 0 spiro atoms. The summed E-state index contributed by atoms with van der Waals surface area (Å²) in [7, 11) is 0. The smallest absolute Gasteiger partial charge is 0.169 e. The number of hydrogen-bond acceptors (Lipinski definition) is 0. The van der Waals surface area contributed by atoms with E-state index >= 15 is 0 Å². The van der Waals surface area contributed by atoms with Gasteiger partial charge in [-0.1, -0.05) is 168 Å². The number of pyridine rings is 2. The molecule has 2 nitrogen and oxygen atoms in total. The maximum absolute atomic E-state index is 2.36. The number of aryl methyl sites for hydroxylation is 2. The second-order valence-electron chi connectivity index (χ2n) is 13.8. The monoisotopic (exact) mass is 860 g/mol. The van der Waals surface area contributed by atoms with Crippen LogP contribution in [0.1, 0.15) is 194 Å². The molecule has 0 N–H and O–H groups in total. The molecule has 0 amide bonds. The van der Waals surface area contributed by atoms with Crippen LogP contribution < -0.4 is 57.1 Å². The molecule has 0 radical (unpaired) electrons. The molecule has 2 aromatic heterocycles. The van der Waals surface area contributed by atoms with Crippen LogP contribution in [0.2, 0.25) is 0 Å². The van der Waals surface area contributed by atoms with Crippen molar-refractivity contribution in [1.29, 1.82) is 0 Å². The van der Waals surface area contributed by atoms with E-state index in [1.807, 2.05) is 0 Å². The summed E-state index contributed by atoms with van der Waals surface area (Å²) in [5.74, 6) is 0. The van der Waals surface area contributed by atoms with E-state index in [1.165, 1.54) is 191 Å². The minimum atomic E-state index is 0. The highest BCUT2D eigenvalue weighted by Crippen LogP contribution is 2.17. The second-order valence-corrected chi connectivity index (χ2v) is 13.8. The van der Waals surface area contributed by atoms with E-state index in [0.717, 1.165) is 13.1 Å². The van der Waals surface area contributed by atoms with Crippen molar-refractivity contribution in [3.05, 3.63) is 49.1 Å². The van der Waals surface area contributed by atoms with Crippen LogP contribution in [0.4, 0.5) is 0 Å². The number of hydrogen-bond donors (Lipinski definition) is 0. The third-order valence-corrected chi connectivity index (χ3v) is 9.66. The van der Waals surface area contributed by atoms with E-state index in [4.69, 9.17) is 0 Å². The zero-order chi connectivity index (χ0) is 31.2. The maximum Gasteiger partial charge on any atom is 0.169 e. The summed E-state index contributed by atoms with van der Waals surface area (Å²) >= 11 is 0. The van der Waals surface area contributed by atoms with Gasteiger partial charge < -0.3 is 48.0 Å². The number of unbranched alkanes of at least 4 members (excludes halogenated alkanes) is 26. The number of halogens is 2. The van der Waals surface area contributed by atoms with E-state index in [1.54, 1.807) is 0 Å². The molecule has 0 aliphatic rings. The lowest BCUT2D eigenvalue weighted by molar-refractivity contribution is -0.697. The van der Waals surface area contributed by atoms with Crippen LogP contribution in [-0.4, -0.2) is 0 Å². The van der Waals surface area contributed by atoms with Gasteiger partial charge in [0.1, 0.15) is 13.1 Å². The predicted molar refractivity (Wildman–Crippen MR) is 193 cm³/mol. The SMILES string of the molecule is CCCCCCCCCCCCCCCC[n+]1ccc(-c2cc[n+](CCCCCCCCCCCCCCCC)cc2)cc1.[I-].[I-]. The third-order valence-electron chi connectivity index (χ3n) is 9.66. The Kier molecular flexibility index (Phi) is 34.4. The molecular formula is C42H74I2N2. The van der Waals surface area contributed by atoms with Crippen molar-refractivity contribution in [2.75, 3.05) is 0 Å². The summed E-state index contributed by atoms with van der Waals surface area (Å²) in [5, 5.41) is 0. The molecular weight excluding hydrogens is 786 g/mol. The molecule has 2 aromatic rings. The Morgan fingerprint density at radius 2 is 0.500 bits per heavy atom. The molecule has 0 atom stereocenters. The Bertz CT molecular complexity index is 795. The van der Waals surface area contributed by atoms with Crippen LogP contribution in [-0.2, 0) is 13.1 Å². The van der Waals surface area contributed by atoms with E-state index in [2.05, 4.69) is 72.0 Å². The summed E-state index contributed by atoms with van der Waals surface area (Å²) in [6, 6.07) is 9.16. The first-order chi connectivity index (χ1) is 21.8. The minimum Gasteiger partial charge on any atom is -1.00 e. The Morgan fingerprint density at radius 1 is 0.304 bits per heavy atom. The molecule has 0 aliphatic carbocycles. The zero-order valence-electron chi connectivity index (χ0n) is 30.5. The van der Waals surface area contributed by atoms with Gasteiger partial charge in [-0.15, -0.1) is 0 Å². The van der Waals surface area contributed by atoms with E-state index < -0.39 is 0 Å². The summed E-state index contributed by atoms with van der Waals surface area (Å²) in [6.07, 6.45) is 48.9. The lowest BCUT2D eigenvalue weighted by atomic mass is 10.0. The van der Waals surface area contributed by atoms with Crippen molar-refractivity contribution >= 4 is 0 Å². The van der Waals surface area contributed by atoms with Crippen molar-refractivity contribution in [3.8, 4) is 11.1 Å². The van der Waals surface area contributed by atoms with Crippen molar-refractivity contribution in [2.24, 2.45) is 0 Å². The van der Waals surface area contributed by atoms with Crippen molar-refractivity contribution < 1.29 is 57.1 Å². The first-order valence-corrected chi connectivity index (χ1v) is 19.8. The van der Waals surface area contributed by atoms with Gasteiger partial charge in [0.2, 0.25) is 0 Å². The van der Waals surface area contributed by atoms with Gasteiger partial charge >= 0.3 is 0 Å². The van der Waals surface area contributed by atoms with Crippen LogP contribution in [0.15, 0.2) is 49.1 Å². The number of nitrogens with zero attached hydrogens (tertiary/aromatic N) is 2. The molecule has 0 aliphatic heterocycles. The van der Waals surface area contributed by atoms with E-state index in [-0.39, 0.29) is 48.0 Å². The number of rotatable bonds is 31. The molecule has 4 heteroatoms. The quantitative estimate of drug-likeness (QED) is 0.0444. The molecule has 0 bridgehead atoms. The lowest BCUT2D eigenvalue weighted by Gasteiger charge is -2.04. The fraction of sp³-hybridized carbons (Fsp3) is 0.762. The number of aromatic nitrogens is 2. The molecule has 0 saturated heterocycles. The van der Waals surface area contributed by atoms with Crippen molar-refractivity contribution in [1.82, 2.24) is 0 Å². The van der Waals surface area contributed by atoms with Crippen LogP contribution in [0.25, 0.3) is 11.1 Å². The molecule has 0 aromatic carbocycles. The van der Waals surface area contributed by atoms with Gasteiger partial charge in [-0.3, -0.25) is 0 Å². The lowest BCUT2D eigenvalue weighted by Crippen LogP contribution is -3.00. The molecule has 0 unspecified atom stereocenters. The predicted octanol–water partition coefficient (Wildman–Crippen LogP) is 6.90. The maximum atomic E-state index is 2.36. The molecule has 2 heterocycles. The van der Waals surface area contributed by atoms with Crippen LogP contribution in [0.3, 0.4) is 0 Å². The van der Waals surface area contributed by atoms with Gasteiger partial charge in [0, 0.05) is 37.1 Å². The highest BCUT2D eigenvalue weighted by atomic mass is 127.